The second kappa shape index (κ2) is 18.9. The van der Waals surface area contributed by atoms with Crippen LogP contribution in [0.15, 0.2) is 72.8 Å². The number of fused-ring (bicyclic) bond motifs is 4. The number of aryl methyl sites for hydroxylation is 3. The highest BCUT2D eigenvalue weighted by molar-refractivity contribution is 6.35. The molecule has 1 saturated carbocycles. The Morgan fingerprint density at radius 1 is 0.899 bits per heavy atom. The zero-order chi connectivity index (χ0) is 48.3. The normalized spacial score (nSPS) is 20.1. The number of imide groups is 1. The summed E-state index contributed by atoms with van der Waals surface area (Å²) in [5.41, 5.74) is 8.27. The molecule has 3 fully saturated rings. The van der Waals surface area contributed by atoms with Crippen molar-refractivity contribution >= 4 is 51.0 Å². The first-order valence-corrected chi connectivity index (χ1v) is 24.7. The van der Waals surface area contributed by atoms with Crippen molar-refractivity contribution in [2.75, 3.05) is 32.8 Å². The number of amides is 3. The van der Waals surface area contributed by atoms with Crippen LogP contribution < -0.4 is 14.8 Å². The van der Waals surface area contributed by atoms with E-state index >= 15 is 0 Å². The van der Waals surface area contributed by atoms with Crippen molar-refractivity contribution < 1.29 is 33.7 Å². The molecule has 6 aromatic rings. The van der Waals surface area contributed by atoms with Crippen LogP contribution in [0, 0.1) is 13.8 Å². The number of aliphatic hydroxyl groups is 1. The summed E-state index contributed by atoms with van der Waals surface area (Å²) >= 11 is 7.29. The fourth-order valence-corrected chi connectivity index (χ4v) is 11.2. The molecule has 4 aliphatic rings. The molecule has 69 heavy (non-hydrogen) atoms. The summed E-state index contributed by atoms with van der Waals surface area (Å²) in [6, 6.07) is 23.8. The molecule has 2 aromatic heterocycles. The third kappa shape index (κ3) is 9.13. The lowest BCUT2D eigenvalue weighted by atomic mass is 9.98. The van der Waals surface area contributed by atoms with Crippen molar-refractivity contribution in [1.29, 1.82) is 0 Å². The first-order valence-electron chi connectivity index (χ1n) is 24.3. The molecule has 3 amide bonds. The monoisotopic (exact) mass is 955 g/mol. The molecule has 15 heteroatoms. The zero-order valence-electron chi connectivity index (χ0n) is 40.4. The number of benzene rings is 4. The van der Waals surface area contributed by atoms with E-state index in [1.165, 1.54) is 10.5 Å². The molecule has 4 atom stereocenters. The maximum atomic E-state index is 13.4. The maximum absolute atomic E-state index is 13.4. The van der Waals surface area contributed by atoms with Crippen LogP contribution in [0.1, 0.15) is 85.0 Å². The number of hydrogen-bond acceptors (Lipinski definition) is 10. The van der Waals surface area contributed by atoms with Gasteiger partial charge in [0.05, 0.1) is 41.6 Å². The first kappa shape index (κ1) is 46.9. The summed E-state index contributed by atoms with van der Waals surface area (Å²) in [5, 5.41) is 22.9. The maximum Gasteiger partial charge on any atom is 0.255 e. The summed E-state index contributed by atoms with van der Waals surface area (Å²) in [6.07, 6.45) is 2.15. The van der Waals surface area contributed by atoms with Gasteiger partial charge < -0.3 is 28.8 Å². The average molecular weight is 957 g/mol. The number of aromatic nitrogens is 3. The quantitative estimate of drug-likeness (QED) is 0.0732. The Morgan fingerprint density at radius 3 is 2.46 bits per heavy atom. The second-order valence-corrected chi connectivity index (χ2v) is 20.4. The highest BCUT2D eigenvalue weighted by atomic mass is 35.5. The van der Waals surface area contributed by atoms with E-state index in [1.807, 2.05) is 36.0 Å². The predicted octanol–water partition coefficient (Wildman–Crippen LogP) is 7.71. The molecular weight excluding hydrogens is 894 g/mol. The van der Waals surface area contributed by atoms with Crippen molar-refractivity contribution in [2.24, 2.45) is 7.05 Å². The highest BCUT2D eigenvalue weighted by Crippen LogP contribution is 2.44. The van der Waals surface area contributed by atoms with E-state index in [1.54, 1.807) is 18.2 Å². The first-order chi connectivity index (χ1) is 33.2. The van der Waals surface area contributed by atoms with Crippen LogP contribution in [-0.4, -0.2) is 115 Å². The molecule has 14 nitrogen and oxygen atoms in total. The Labute approximate surface area is 408 Å². The van der Waals surface area contributed by atoms with Gasteiger partial charge in [0, 0.05) is 96.1 Å². The average Bonchev–Trinajstić information content (AvgIpc) is 3.91. The SMILES string of the molecule is Cc1nn(C)c(C)c1-c1c(Cl)ccc2c(CCCOc3cccc4ccccc34)c(COC(C)(C)C)n(CCN3CCN(C(O)COc4cccc5c4CN(C4CCC(=O)NC4=O)C5=O)C4CC43)c12. The van der Waals surface area contributed by atoms with Gasteiger partial charge in [0.1, 0.15) is 30.4 Å². The van der Waals surface area contributed by atoms with Gasteiger partial charge in [-0.2, -0.15) is 5.10 Å². The van der Waals surface area contributed by atoms with Gasteiger partial charge in [-0.05, 0) is 95.5 Å². The largest absolute Gasteiger partial charge is 0.493 e. The van der Waals surface area contributed by atoms with Crippen molar-refractivity contribution in [3.63, 3.8) is 0 Å². The number of halogens is 1. The van der Waals surface area contributed by atoms with E-state index in [4.69, 9.17) is 30.9 Å². The molecule has 3 aliphatic heterocycles. The molecule has 10 rings (SSSR count). The summed E-state index contributed by atoms with van der Waals surface area (Å²) in [6.45, 7) is 14.6. The van der Waals surface area contributed by atoms with Gasteiger partial charge in [-0.15, -0.1) is 0 Å². The molecule has 2 saturated heterocycles. The molecule has 5 heterocycles. The molecule has 4 unspecified atom stereocenters. The minimum absolute atomic E-state index is 0.0330. The lowest BCUT2D eigenvalue weighted by Crippen LogP contribution is -2.52. The van der Waals surface area contributed by atoms with Gasteiger partial charge in [-0.25, -0.2) is 0 Å². The smallest absolute Gasteiger partial charge is 0.255 e. The minimum Gasteiger partial charge on any atom is -0.493 e. The van der Waals surface area contributed by atoms with Crippen molar-refractivity contribution in [2.45, 2.75) is 116 Å². The number of nitrogens with zero attached hydrogens (tertiary/aromatic N) is 6. The van der Waals surface area contributed by atoms with Crippen LogP contribution in [0.2, 0.25) is 5.02 Å². The van der Waals surface area contributed by atoms with Crippen LogP contribution in [0.5, 0.6) is 11.5 Å². The molecule has 1 aliphatic carbocycles. The number of rotatable bonds is 16. The Morgan fingerprint density at radius 2 is 1.68 bits per heavy atom. The minimum atomic E-state index is -0.848. The van der Waals surface area contributed by atoms with Gasteiger partial charge >= 0.3 is 0 Å². The van der Waals surface area contributed by atoms with Crippen LogP contribution in [-0.2, 0) is 47.5 Å². The fourth-order valence-electron chi connectivity index (χ4n) is 11.0. The van der Waals surface area contributed by atoms with Crippen LogP contribution >= 0.6 is 11.6 Å². The molecule has 362 valence electrons. The zero-order valence-corrected chi connectivity index (χ0v) is 41.1. The number of aliphatic hydroxyl groups excluding tert-OH is 1. The Kier molecular flexibility index (Phi) is 12.8. The van der Waals surface area contributed by atoms with Crippen molar-refractivity contribution in [3.8, 4) is 22.6 Å². The number of piperazine rings is 1. The lowest BCUT2D eigenvalue weighted by Gasteiger charge is -2.37. The Balaban J connectivity index is 0.872. The van der Waals surface area contributed by atoms with E-state index < -0.39 is 18.2 Å². The Bertz CT molecular complexity index is 2970. The summed E-state index contributed by atoms with van der Waals surface area (Å²) < 4.78 is 23.8. The van der Waals surface area contributed by atoms with Crippen LogP contribution in [0.25, 0.3) is 32.8 Å². The molecule has 0 bridgehead atoms. The van der Waals surface area contributed by atoms with Crippen molar-refractivity contribution in [3.05, 3.63) is 112 Å². The molecule has 2 N–H and O–H groups in total. The van der Waals surface area contributed by atoms with E-state index in [-0.39, 0.29) is 55.5 Å². The summed E-state index contributed by atoms with van der Waals surface area (Å²) in [4.78, 5) is 44.1. The second-order valence-electron chi connectivity index (χ2n) is 20.0. The van der Waals surface area contributed by atoms with Gasteiger partial charge in [0.25, 0.3) is 5.91 Å². The van der Waals surface area contributed by atoms with Gasteiger partial charge in [0.2, 0.25) is 11.8 Å². The number of carbonyl (C=O) groups excluding carboxylic acids is 3. The highest BCUT2D eigenvalue weighted by Gasteiger charge is 2.50. The van der Waals surface area contributed by atoms with E-state index in [2.05, 4.69) is 84.6 Å². The standard InChI is InChI=1S/C54H62ClN7O7/c1-32-49(33(2)58(6)57-32)50-40(55)20-19-37-36(16-11-27-67-45-17-9-13-34-12-7-8-14-35(34)45)44(30-69-54(3,4)5)61(51(37)50)26-24-59-23-25-60(43-28-42(43)59)48(64)31-68-46-18-10-15-38-39(46)29-62(53(38)66)41-21-22-47(63)56-52(41)65/h7-10,12-15,17-20,41-43,48,64H,11,16,21-31H2,1-6H3,(H,56,63,65). The molecule has 4 aromatic carbocycles. The number of hydrogen-bond donors (Lipinski definition) is 2. The van der Waals surface area contributed by atoms with E-state index in [0.29, 0.717) is 48.2 Å². The molecule has 0 radical (unpaired) electrons. The number of nitrogens with one attached hydrogen (secondary N) is 1. The topological polar surface area (TPSA) is 144 Å². The van der Waals surface area contributed by atoms with E-state index in [9.17, 15) is 19.5 Å². The number of carbonyl (C=O) groups is 3. The van der Waals surface area contributed by atoms with E-state index in [0.717, 1.165) is 88.0 Å². The van der Waals surface area contributed by atoms with Gasteiger partial charge in [0.15, 0.2) is 0 Å². The van der Waals surface area contributed by atoms with Crippen LogP contribution in [0.4, 0.5) is 0 Å². The Hall–Kier alpha value is -5.77. The number of ether oxygens (including phenoxy) is 3. The van der Waals surface area contributed by atoms with Crippen LogP contribution in [0.3, 0.4) is 0 Å². The van der Waals surface area contributed by atoms with Gasteiger partial charge in [-0.1, -0.05) is 60.1 Å². The number of piperidine rings is 1. The summed E-state index contributed by atoms with van der Waals surface area (Å²) in [5.74, 6) is 0.361. The van der Waals surface area contributed by atoms with Crippen molar-refractivity contribution in [1.82, 2.24) is 34.4 Å². The lowest BCUT2D eigenvalue weighted by molar-refractivity contribution is -0.136. The third-order valence-electron chi connectivity index (χ3n) is 14.6. The predicted molar refractivity (Wildman–Crippen MR) is 265 cm³/mol. The molecular formula is C54H62ClN7O7. The molecule has 0 spiro atoms. The summed E-state index contributed by atoms with van der Waals surface area (Å²) in [7, 11) is 1.98. The third-order valence-corrected chi connectivity index (χ3v) is 14.9. The van der Waals surface area contributed by atoms with Gasteiger partial charge in [-0.3, -0.25) is 34.2 Å². The fraction of sp³-hybridized carbons (Fsp3) is 0.444.